The average Bonchev–Trinajstić information content (AvgIpc) is 2.42. The van der Waals surface area contributed by atoms with Crippen molar-refractivity contribution in [2.24, 2.45) is 0 Å². The van der Waals surface area contributed by atoms with Gasteiger partial charge in [-0.3, -0.25) is 4.79 Å². The molecule has 3 heteroatoms. The van der Waals surface area contributed by atoms with E-state index in [4.69, 9.17) is 0 Å². The Bertz CT molecular complexity index is 371. The van der Waals surface area contributed by atoms with Crippen molar-refractivity contribution in [3.63, 3.8) is 0 Å². The van der Waals surface area contributed by atoms with Crippen molar-refractivity contribution in [1.29, 1.82) is 0 Å². The van der Waals surface area contributed by atoms with Crippen LogP contribution in [0, 0.1) is 0 Å². The number of rotatable bonds is 8. The topological polar surface area (TPSA) is 32.3 Å². The van der Waals surface area contributed by atoms with Crippen LogP contribution in [0.1, 0.15) is 38.2 Å². The van der Waals surface area contributed by atoms with Gasteiger partial charge in [0.25, 0.3) is 0 Å². The molecule has 0 bridgehead atoms. The van der Waals surface area contributed by atoms with Gasteiger partial charge in [0.1, 0.15) is 0 Å². The number of unbranched alkanes of at least 4 members (excludes halogenated alkanes) is 1. The monoisotopic (exact) mass is 262 g/mol. The summed E-state index contributed by atoms with van der Waals surface area (Å²) in [7, 11) is 3.59. The summed E-state index contributed by atoms with van der Waals surface area (Å²) < 4.78 is 0. The summed E-state index contributed by atoms with van der Waals surface area (Å²) in [4.78, 5) is 13.0. The first-order chi connectivity index (χ1) is 9.13. The Morgan fingerprint density at radius 1 is 1.16 bits per heavy atom. The SMILES string of the molecule is CCCCc1ccc(NCCCC(=O)N(C)C)cc1. The van der Waals surface area contributed by atoms with Gasteiger partial charge in [-0.05, 0) is 37.0 Å². The van der Waals surface area contributed by atoms with Gasteiger partial charge < -0.3 is 10.2 Å². The molecular weight excluding hydrogens is 236 g/mol. The largest absolute Gasteiger partial charge is 0.385 e. The number of nitrogens with one attached hydrogen (secondary N) is 1. The van der Waals surface area contributed by atoms with Gasteiger partial charge in [-0.1, -0.05) is 25.5 Å². The minimum Gasteiger partial charge on any atom is -0.385 e. The van der Waals surface area contributed by atoms with E-state index in [1.807, 2.05) is 0 Å². The first kappa shape index (κ1) is 15.5. The molecule has 0 heterocycles. The lowest BCUT2D eigenvalue weighted by atomic mass is 10.1. The molecule has 1 aromatic carbocycles. The molecule has 19 heavy (non-hydrogen) atoms. The highest BCUT2D eigenvalue weighted by molar-refractivity contribution is 5.75. The number of anilines is 1. The maximum Gasteiger partial charge on any atom is 0.222 e. The number of benzene rings is 1. The van der Waals surface area contributed by atoms with E-state index in [9.17, 15) is 4.79 Å². The van der Waals surface area contributed by atoms with Gasteiger partial charge in [-0.25, -0.2) is 0 Å². The van der Waals surface area contributed by atoms with Crippen molar-refractivity contribution in [2.45, 2.75) is 39.0 Å². The first-order valence-corrected chi connectivity index (χ1v) is 7.16. The van der Waals surface area contributed by atoms with Gasteiger partial charge in [0.2, 0.25) is 5.91 Å². The number of nitrogens with zero attached hydrogens (tertiary/aromatic N) is 1. The van der Waals surface area contributed by atoms with E-state index in [-0.39, 0.29) is 5.91 Å². The van der Waals surface area contributed by atoms with Gasteiger partial charge >= 0.3 is 0 Å². The molecule has 0 spiro atoms. The van der Waals surface area contributed by atoms with Gasteiger partial charge in [-0.15, -0.1) is 0 Å². The first-order valence-electron chi connectivity index (χ1n) is 7.16. The van der Waals surface area contributed by atoms with Crippen molar-refractivity contribution in [2.75, 3.05) is 26.0 Å². The summed E-state index contributed by atoms with van der Waals surface area (Å²) in [6.07, 6.45) is 5.12. The number of carbonyl (C=O) groups is 1. The van der Waals surface area contributed by atoms with Crippen LogP contribution in [0.3, 0.4) is 0 Å². The van der Waals surface area contributed by atoms with Crippen LogP contribution in [-0.2, 0) is 11.2 Å². The highest BCUT2D eigenvalue weighted by atomic mass is 16.2. The minimum atomic E-state index is 0.191. The van der Waals surface area contributed by atoms with Crippen LogP contribution in [0.15, 0.2) is 24.3 Å². The summed E-state index contributed by atoms with van der Waals surface area (Å²) in [5, 5.41) is 3.35. The molecule has 0 aliphatic carbocycles. The normalized spacial score (nSPS) is 10.3. The molecule has 0 unspecified atom stereocenters. The molecule has 0 aliphatic rings. The van der Waals surface area contributed by atoms with Crippen molar-refractivity contribution in [3.8, 4) is 0 Å². The van der Waals surface area contributed by atoms with Crippen LogP contribution < -0.4 is 5.32 Å². The Kier molecular flexibility index (Phi) is 7.01. The molecule has 1 aromatic rings. The number of carbonyl (C=O) groups excluding carboxylic acids is 1. The van der Waals surface area contributed by atoms with Gasteiger partial charge in [0.05, 0.1) is 0 Å². The number of hydrogen-bond acceptors (Lipinski definition) is 2. The summed E-state index contributed by atoms with van der Waals surface area (Å²) >= 11 is 0. The Hall–Kier alpha value is -1.51. The highest BCUT2D eigenvalue weighted by Crippen LogP contribution is 2.11. The lowest BCUT2D eigenvalue weighted by molar-refractivity contribution is -0.128. The van der Waals surface area contributed by atoms with Crippen molar-refractivity contribution < 1.29 is 4.79 Å². The second-order valence-corrected chi connectivity index (χ2v) is 5.12. The Labute approximate surface area is 117 Å². The molecule has 1 rings (SSSR count). The molecule has 0 saturated heterocycles. The van der Waals surface area contributed by atoms with Crippen LogP contribution in [0.5, 0.6) is 0 Å². The fourth-order valence-electron chi connectivity index (χ4n) is 1.87. The Morgan fingerprint density at radius 2 is 1.84 bits per heavy atom. The molecule has 0 atom stereocenters. The molecule has 1 amide bonds. The van der Waals surface area contributed by atoms with Crippen LogP contribution in [-0.4, -0.2) is 31.4 Å². The molecule has 0 radical (unpaired) electrons. The molecule has 0 aliphatic heterocycles. The van der Waals surface area contributed by atoms with Crippen molar-refractivity contribution in [3.05, 3.63) is 29.8 Å². The fourth-order valence-corrected chi connectivity index (χ4v) is 1.87. The quantitative estimate of drug-likeness (QED) is 0.729. The third kappa shape index (κ3) is 6.27. The molecule has 106 valence electrons. The van der Waals surface area contributed by atoms with Gasteiger partial charge in [0.15, 0.2) is 0 Å². The predicted molar refractivity (Wildman–Crippen MR) is 81.5 cm³/mol. The summed E-state index contributed by atoms with van der Waals surface area (Å²) in [6.45, 7) is 3.05. The minimum absolute atomic E-state index is 0.191. The van der Waals surface area contributed by atoms with Gasteiger partial charge in [0, 0.05) is 32.7 Å². The second-order valence-electron chi connectivity index (χ2n) is 5.12. The highest BCUT2D eigenvalue weighted by Gasteiger charge is 2.02. The van der Waals surface area contributed by atoms with Crippen LogP contribution >= 0.6 is 0 Å². The lowest BCUT2D eigenvalue weighted by Crippen LogP contribution is -2.22. The zero-order valence-corrected chi connectivity index (χ0v) is 12.4. The maximum absolute atomic E-state index is 11.4. The Morgan fingerprint density at radius 3 is 2.42 bits per heavy atom. The van der Waals surface area contributed by atoms with E-state index in [1.165, 1.54) is 18.4 Å². The third-order valence-corrected chi connectivity index (χ3v) is 3.17. The number of hydrogen-bond donors (Lipinski definition) is 1. The van der Waals surface area contributed by atoms with Gasteiger partial charge in [-0.2, -0.15) is 0 Å². The van der Waals surface area contributed by atoms with Crippen molar-refractivity contribution in [1.82, 2.24) is 4.90 Å². The molecule has 0 aromatic heterocycles. The molecule has 1 N–H and O–H groups in total. The molecular formula is C16H26N2O. The third-order valence-electron chi connectivity index (χ3n) is 3.17. The molecule has 0 saturated carbocycles. The smallest absolute Gasteiger partial charge is 0.222 e. The zero-order chi connectivity index (χ0) is 14.1. The van der Waals surface area contributed by atoms with Crippen LogP contribution in [0.2, 0.25) is 0 Å². The second kappa shape index (κ2) is 8.57. The van der Waals surface area contributed by atoms with E-state index < -0.39 is 0 Å². The van der Waals surface area contributed by atoms with E-state index in [2.05, 4.69) is 36.5 Å². The average molecular weight is 262 g/mol. The predicted octanol–water partition coefficient (Wildman–Crippen LogP) is 3.31. The number of aryl methyl sites for hydroxylation is 1. The Balaban J connectivity index is 2.24. The van der Waals surface area contributed by atoms with Crippen LogP contribution in [0.4, 0.5) is 5.69 Å². The summed E-state index contributed by atoms with van der Waals surface area (Å²) in [6, 6.07) is 8.61. The van der Waals surface area contributed by atoms with Crippen LogP contribution in [0.25, 0.3) is 0 Å². The lowest BCUT2D eigenvalue weighted by Gasteiger charge is -2.11. The van der Waals surface area contributed by atoms with E-state index in [0.29, 0.717) is 6.42 Å². The fraction of sp³-hybridized carbons (Fsp3) is 0.562. The standard InChI is InChI=1S/C16H26N2O/c1-4-5-7-14-9-11-15(12-10-14)17-13-6-8-16(19)18(2)3/h9-12,17H,4-8,13H2,1-3H3. The number of amides is 1. The van der Waals surface area contributed by atoms with E-state index >= 15 is 0 Å². The zero-order valence-electron chi connectivity index (χ0n) is 12.4. The summed E-state index contributed by atoms with van der Waals surface area (Å²) in [5.74, 6) is 0.191. The molecule has 0 fully saturated rings. The molecule has 3 nitrogen and oxygen atoms in total. The van der Waals surface area contributed by atoms with E-state index in [1.54, 1.807) is 19.0 Å². The maximum atomic E-state index is 11.4. The van der Waals surface area contributed by atoms with E-state index in [0.717, 1.165) is 25.1 Å². The van der Waals surface area contributed by atoms with Crippen molar-refractivity contribution >= 4 is 11.6 Å². The summed E-state index contributed by atoms with van der Waals surface area (Å²) in [5.41, 5.74) is 2.53.